The Kier molecular flexibility index (Phi) is 5.58. The van der Waals surface area contributed by atoms with E-state index >= 15 is 0 Å². The van der Waals surface area contributed by atoms with Gasteiger partial charge in [-0.25, -0.2) is 4.98 Å². The minimum atomic E-state index is -0.412. The summed E-state index contributed by atoms with van der Waals surface area (Å²) in [5, 5.41) is 2.84. The molecule has 5 nitrogen and oxygen atoms in total. The Hall–Kier alpha value is -1.62. The van der Waals surface area contributed by atoms with Crippen LogP contribution in [0, 0.1) is 0 Å². The summed E-state index contributed by atoms with van der Waals surface area (Å²) in [6, 6.07) is 3.84. The molecule has 0 saturated carbocycles. The van der Waals surface area contributed by atoms with Crippen LogP contribution in [0.5, 0.6) is 0 Å². The molecule has 1 rings (SSSR count). The first-order chi connectivity index (χ1) is 8.54. The summed E-state index contributed by atoms with van der Waals surface area (Å²) in [5.74, 6) is 0.777. The van der Waals surface area contributed by atoms with Gasteiger partial charge in [-0.15, -0.1) is 0 Å². The molecule has 1 heterocycles. The number of rotatable bonds is 6. The third-order valence-electron chi connectivity index (χ3n) is 2.52. The van der Waals surface area contributed by atoms with Gasteiger partial charge < -0.3 is 15.0 Å². The SMILES string of the molecule is CCO[C@H](C)C(=O)NCc1ccnc(N(C)C)c1. The number of carbonyl (C=O) groups excluding carboxylic acids is 1. The Morgan fingerprint density at radius 1 is 1.56 bits per heavy atom. The van der Waals surface area contributed by atoms with Crippen molar-refractivity contribution in [3.8, 4) is 0 Å². The third-order valence-corrected chi connectivity index (χ3v) is 2.52. The highest BCUT2D eigenvalue weighted by Crippen LogP contribution is 2.09. The van der Waals surface area contributed by atoms with Crippen LogP contribution in [0.4, 0.5) is 5.82 Å². The van der Waals surface area contributed by atoms with Gasteiger partial charge in [0.05, 0.1) is 0 Å². The molecule has 1 aromatic heterocycles. The van der Waals surface area contributed by atoms with Gasteiger partial charge >= 0.3 is 0 Å². The molecule has 1 aromatic rings. The van der Waals surface area contributed by atoms with Crippen molar-refractivity contribution in [2.75, 3.05) is 25.6 Å². The molecule has 0 aliphatic carbocycles. The van der Waals surface area contributed by atoms with Crippen LogP contribution < -0.4 is 10.2 Å². The van der Waals surface area contributed by atoms with Gasteiger partial charge in [-0.1, -0.05) is 0 Å². The zero-order valence-electron chi connectivity index (χ0n) is 11.4. The van der Waals surface area contributed by atoms with Crippen molar-refractivity contribution >= 4 is 11.7 Å². The highest BCUT2D eigenvalue weighted by atomic mass is 16.5. The van der Waals surface area contributed by atoms with E-state index < -0.39 is 6.10 Å². The monoisotopic (exact) mass is 251 g/mol. The minimum Gasteiger partial charge on any atom is -0.369 e. The number of pyridine rings is 1. The molecule has 5 heteroatoms. The van der Waals surface area contributed by atoms with E-state index in [2.05, 4.69) is 10.3 Å². The summed E-state index contributed by atoms with van der Waals surface area (Å²) in [6.45, 7) is 4.64. The van der Waals surface area contributed by atoms with E-state index in [4.69, 9.17) is 4.74 Å². The molecule has 0 radical (unpaired) electrons. The van der Waals surface area contributed by atoms with E-state index in [0.717, 1.165) is 11.4 Å². The second-order valence-corrected chi connectivity index (χ2v) is 4.23. The van der Waals surface area contributed by atoms with Gasteiger partial charge in [0.1, 0.15) is 11.9 Å². The lowest BCUT2D eigenvalue weighted by Crippen LogP contribution is -2.34. The van der Waals surface area contributed by atoms with E-state index in [1.807, 2.05) is 38.1 Å². The first kappa shape index (κ1) is 14.4. The Balaban J connectivity index is 2.53. The van der Waals surface area contributed by atoms with E-state index in [-0.39, 0.29) is 5.91 Å². The van der Waals surface area contributed by atoms with E-state index in [9.17, 15) is 4.79 Å². The van der Waals surface area contributed by atoms with Crippen molar-refractivity contribution in [3.05, 3.63) is 23.9 Å². The van der Waals surface area contributed by atoms with Crippen molar-refractivity contribution < 1.29 is 9.53 Å². The predicted molar refractivity (Wildman–Crippen MR) is 71.5 cm³/mol. The predicted octanol–water partition coefficient (Wildman–Crippen LogP) is 1.19. The van der Waals surface area contributed by atoms with Crippen molar-refractivity contribution in [2.24, 2.45) is 0 Å². The maximum atomic E-state index is 11.7. The van der Waals surface area contributed by atoms with Gasteiger partial charge in [-0.3, -0.25) is 4.79 Å². The normalized spacial score (nSPS) is 12.0. The molecule has 100 valence electrons. The second-order valence-electron chi connectivity index (χ2n) is 4.23. The standard InChI is InChI=1S/C13H21N3O2/c1-5-18-10(2)13(17)15-9-11-6-7-14-12(8-11)16(3)4/h6-8,10H,5,9H2,1-4H3,(H,15,17)/t10-/m1/s1. The summed E-state index contributed by atoms with van der Waals surface area (Å²) in [4.78, 5) is 17.8. The summed E-state index contributed by atoms with van der Waals surface area (Å²) < 4.78 is 5.22. The van der Waals surface area contributed by atoms with Crippen LogP contribution in [0.25, 0.3) is 0 Å². The van der Waals surface area contributed by atoms with Crippen LogP contribution in [-0.4, -0.2) is 37.7 Å². The fourth-order valence-electron chi connectivity index (χ4n) is 1.47. The number of hydrogen-bond acceptors (Lipinski definition) is 4. The van der Waals surface area contributed by atoms with E-state index in [0.29, 0.717) is 13.2 Å². The van der Waals surface area contributed by atoms with Crippen LogP contribution in [0.15, 0.2) is 18.3 Å². The summed E-state index contributed by atoms with van der Waals surface area (Å²) in [7, 11) is 3.86. The first-order valence-corrected chi connectivity index (χ1v) is 6.06. The lowest BCUT2D eigenvalue weighted by Gasteiger charge is -2.14. The molecule has 1 atom stereocenters. The van der Waals surface area contributed by atoms with Crippen LogP contribution >= 0.6 is 0 Å². The number of aromatic nitrogens is 1. The molecular formula is C13H21N3O2. The maximum Gasteiger partial charge on any atom is 0.249 e. The van der Waals surface area contributed by atoms with Crippen LogP contribution in [-0.2, 0) is 16.1 Å². The van der Waals surface area contributed by atoms with Crippen LogP contribution in [0.2, 0.25) is 0 Å². The molecule has 0 fully saturated rings. The molecule has 0 spiro atoms. The van der Waals surface area contributed by atoms with Gasteiger partial charge in [0.15, 0.2) is 0 Å². The number of carbonyl (C=O) groups is 1. The van der Waals surface area contributed by atoms with Gasteiger partial charge in [-0.2, -0.15) is 0 Å². The molecule has 18 heavy (non-hydrogen) atoms. The van der Waals surface area contributed by atoms with Crippen molar-refractivity contribution in [3.63, 3.8) is 0 Å². The van der Waals surface area contributed by atoms with E-state index in [1.165, 1.54) is 0 Å². The van der Waals surface area contributed by atoms with E-state index in [1.54, 1.807) is 13.1 Å². The Morgan fingerprint density at radius 3 is 2.89 bits per heavy atom. The number of ether oxygens (including phenoxy) is 1. The zero-order chi connectivity index (χ0) is 13.5. The molecule has 0 aromatic carbocycles. The lowest BCUT2D eigenvalue weighted by molar-refractivity contribution is -0.131. The number of amides is 1. The number of nitrogens with one attached hydrogen (secondary N) is 1. The van der Waals surface area contributed by atoms with Gasteiger partial charge in [0.25, 0.3) is 0 Å². The molecule has 1 amide bonds. The Labute approximate surface area is 108 Å². The Bertz CT molecular complexity index is 394. The first-order valence-electron chi connectivity index (χ1n) is 6.06. The third kappa shape index (κ3) is 4.33. The minimum absolute atomic E-state index is 0.0972. The molecular weight excluding hydrogens is 230 g/mol. The summed E-state index contributed by atoms with van der Waals surface area (Å²) in [5.41, 5.74) is 1.02. The number of nitrogens with zero attached hydrogens (tertiary/aromatic N) is 2. The second kappa shape index (κ2) is 6.96. The van der Waals surface area contributed by atoms with Crippen molar-refractivity contribution in [1.82, 2.24) is 10.3 Å². The maximum absolute atomic E-state index is 11.7. The summed E-state index contributed by atoms with van der Waals surface area (Å²) in [6.07, 6.45) is 1.33. The number of anilines is 1. The van der Waals surface area contributed by atoms with Crippen molar-refractivity contribution in [1.29, 1.82) is 0 Å². The molecule has 0 bridgehead atoms. The Morgan fingerprint density at radius 2 is 2.28 bits per heavy atom. The van der Waals surface area contributed by atoms with Gasteiger partial charge in [0, 0.05) is 33.4 Å². The van der Waals surface area contributed by atoms with Gasteiger partial charge in [-0.05, 0) is 31.5 Å². The van der Waals surface area contributed by atoms with Crippen LogP contribution in [0.3, 0.4) is 0 Å². The average molecular weight is 251 g/mol. The number of hydrogen-bond donors (Lipinski definition) is 1. The smallest absolute Gasteiger partial charge is 0.249 e. The van der Waals surface area contributed by atoms with Crippen LogP contribution in [0.1, 0.15) is 19.4 Å². The molecule has 0 aliphatic rings. The highest BCUT2D eigenvalue weighted by Gasteiger charge is 2.11. The molecule has 0 aliphatic heterocycles. The zero-order valence-corrected chi connectivity index (χ0v) is 11.4. The molecule has 0 saturated heterocycles. The molecule has 1 N–H and O–H groups in total. The average Bonchev–Trinajstić information content (AvgIpc) is 2.36. The quantitative estimate of drug-likeness (QED) is 0.825. The fourth-order valence-corrected chi connectivity index (χ4v) is 1.47. The largest absolute Gasteiger partial charge is 0.369 e. The fraction of sp³-hybridized carbons (Fsp3) is 0.538. The lowest BCUT2D eigenvalue weighted by atomic mass is 10.2. The van der Waals surface area contributed by atoms with Crippen molar-refractivity contribution in [2.45, 2.75) is 26.5 Å². The summed E-state index contributed by atoms with van der Waals surface area (Å²) >= 11 is 0. The highest BCUT2D eigenvalue weighted by molar-refractivity contribution is 5.80. The molecule has 0 unspecified atom stereocenters. The topological polar surface area (TPSA) is 54.5 Å². The van der Waals surface area contributed by atoms with Gasteiger partial charge in [0.2, 0.25) is 5.91 Å².